The molecule has 1 aliphatic rings. The van der Waals surface area contributed by atoms with Crippen molar-refractivity contribution in [3.63, 3.8) is 0 Å². The Hall–Kier alpha value is -0.410. The smallest absolute Gasteiger partial charge is 0.165 e. The Morgan fingerprint density at radius 1 is 1.86 bits per heavy atom. The van der Waals surface area contributed by atoms with Gasteiger partial charge >= 0.3 is 0 Å². The lowest BCUT2D eigenvalue weighted by Gasteiger charge is -2.10. The van der Waals surface area contributed by atoms with E-state index in [2.05, 4.69) is 10.3 Å². The van der Waals surface area contributed by atoms with Crippen LogP contribution in [-0.2, 0) is 0 Å². The summed E-state index contributed by atoms with van der Waals surface area (Å²) in [7, 11) is 0. The van der Waals surface area contributed by atoms with Crippen molar-refractivity contribution >= 4 is 6.21 Å². The van der Waals surface area contributed by atoms with E-state index in [0.717, 1.165) is 13.0 Å². The summed E-state index contributed by atoms with van der Waals surface area (Å²) < 4.78 is 0. The van der Waals surface area contributed by atoms with Gasteiger partial charge in [0.25, 0.3) is 0 Å². The van der Waals surface area contributed by atoms with E-state index in [0.29, 0.717) is 0 Å². The van der Waals surface area contributed by atoms with Gasteiger partial charge in [-0.3, -0.25) is 10.3 Å². The number of nitrogens with one attached hydrogen (secondary N) is 2. The zero-order valence-corrected chi connectivity index (χ0v) is 4.02. The summed E-state index contributed by atoms with van der Waals surface area (Å²) in [5.41, 5.74) is 6.96. The molecule has 0 aromatic heterocycles. The first-order valence-electron chi connectivity index (χ1n) is 2.36. The normalized spacial score (nSPS) is 30.7. The number of hydrogen-bond donors (Lipinski definition) is 1. The van der Waals surface area contributed by atoms with Gasteiger partial charge in [0.1, 0.15) is 0 Å². The lowest BCUT2D eigenvalue weighted by Crippen LogP contribution is -2.32. The monoisotopic (exact) mass is 98.1 g/mol. The van der Waals surface area contributed by atoms with E-state index in [9.17, 15) is 0 Å². The Labute approximate surface area is 42.6 Å². The van der Waals surface area contributed by atoms with E-state index in [1.165, 1.54) is 0 Å². The lowest BCUT2D eigenvalue weighted by atomic mass is 10.4. The van der Waals surface area contributed by atoms with Crippen LogP contribution in [0.4, 0.5) is 0 Å². The van der Waals surface area contributed by atoms with Crippen molar-refractivity contribution in [1.82, 2.24) is 11.1 Å². The summed E-state index contributed by atoms with van der Waals surface area (Å²) in [6, 6.07) is 0. The molecule has 1 unspecified atom stereocenters. The van der Waals surface area contributed by atoms with Crippen LogP contribution in [0, 0.1) is 0 Å². The third-order valence-electron chi connectivity index (χ3n) is 0.866. The van der Waals surface area contributed by atoms with Crippen molar-refractivity contribution in [2.24, 2.45) is 4.99 Å². The van der Waals surface area contributed by atoms with Gasteiger partial charge in [0, 0.05) is 12.8 Å². The van der Waals surface area contributed by atoms with Crippen LogP contribution in [0.1, 0.15) is 6.42 Å². The number of nitrogens with zero attached hydrogens (tertiary/aromatic N) is 1. The Kier molecular flexibility index (Phi) is 1.38. The first-order valence-corrected chi connectivity index (χ1v) is 2.36. The molecule has 2 N–H and O–H groups in total. The van der Waals surface area contributed by atoms with Gasteiger partial charge in [-0.05, 0) is 6.42 Å². The summed E-state index contributed by atoms with van der Waals surface area (Å²) in [5, 5.41) is 2.85. The Balaban J connectivity index is 2.36. The third-order valence-corrected chi connectivity index (χ3v) is 0.866. The minimum absolute atomic E-state index is 0.395. The topological polar surface area (TPSA) is 48.2 Å². The molecule has 1 rings (SSSR count). The van der Waals surface area contributed by atoms with Crippen LogP contribution in [0.15, 0.2) is 4.99 Å². The predicted molar refractivity (Wildman–Crippen MR) is 28.0 cm³/mol. The maximum atomic E-state index is 6.96. The van der Waals surface area contributed by atoms with E-state index in [1.807, 2.05) is 0 Å². The van der Waals surface area contributed by atoms with E-state index in [1.54, 1.807) is 6.21 Å². The molecular formula is C4H8N3. The minimum atomic E-state index is -0.395. The highest BCUT2D eigenvalue weighted by molar-refractivity contribution is 5.58. The summed E-state index contributed by atoms with van der Waals surface area (Å²) in [4.78, 5) is 3.76. The summed E-state index contributed by atoms with van der Waals surface area (Å²) in [6.07, 6.45) is 2.36. The molecule has 1 aliphatic heterocycles. The predicted octanol–water partition coefficient (Wildman–Crippen LogP) is -0.383. The van der Waals surface area contributed by atoms with E-state index >= 15 is 0 Å². The molecule has 3 heteroatoms. The van der Waals surface area contributed by atoms with Crippen LogP contribution in [-0.4, -0.2) is 19.0 Å². The SMILES string of the molecule is [NH]C1N=CCCN1. The molecule has 1 radical (unpaired) electrons. The van der Waals surface area contributed by atoms with Gasteiger partial charge in [-0.1, -0.05) is 0 Å². The van der Waals surface area contributed by atoms with E-state index in [-0.39, 0.29) is 0 Å². The number of aliphatic imine (C=N–C) groups is 1. The van der Waals surface area contributed by atoms with E-state index in [4.69, 9.17) is 5.73 Å². The molecule has 0 aliphatic carbocycles. The molecular weight excluding hydrogens is 90.1 g/mol. The van der Waals surface area contributed by atoms with Crippen molar-refractivity contribution in [3.8, 4) is 0 Å². The highest BCUT2D eigenvalue weighted by Crippen LogP contribution is 1.84. The molecule has 0 bridgehead atoms. The fourth-order valence-electron chi connectivity index (χ4n) is 0.517. The largest absolute Gasteiger partial charge is 0.282 e. The van der Waals surface area contributed by atoms with Crippen LogP contribution in [0.5, 0.6) is 0 Å². The quantitative estimate of drug-likeness (QED) is 0.441. The van der Waals surface area contributed by atoms with Crippen LogP contribution in [0.2, 0.25) is 0 Å². The molecule has 0 saturated heterocycles. The van der Waals surface area contributed by atoms with Gasteiger partial charge in [0.2, 0.25) is 0 Å². The molecule has 1 atom stereocenters. The zero-order chi connectivity index (χ0) is 5.11. The van der Waals surface area contributed by atoms with Gasteiger partial charge < -0.3 is 0 Å². The van der Waals surface area contributed by atoms with Crippen LogP contribution in [0.3, 0.4) is 0 Å². The average molecular weight is 98.1 g/mol. The Morgan fingerprint density at radius 3 is 3.00 bits per heavy atom. The van der Waals surface area contributed by atoms with E-state index < -0.39 is 6.29 Å². The van der Waals surface area contributed by atoms with Gasteiger partial charge in [-0.25, -0.2) is 5.73 Å². The van der Waals surface area contributed by atoms with Crippen LogP contribution < -0.4 is 11.1 Å². The van der Waals surface area contributed by atoms with Gasteiger partial charge in [-0.15, -0.1) is 0 Å². The molecule has 7 heavy (non-hydrogen) atoms. The third kappa shape index (κ3) is 1.25. The maximum absolute atomic E-state index is 6.96. The van der Waals surface area contributed by atoms with Gasteiger partial charge in [0.05, 0.1) is 0 Å². The minimum Gasteiger partial charge on any atom is -0.282 e. The Morgan fingerprint density at radius 2 is 2.71 bits per heavy atom. The van der Waals surface area contributed by atoms with Crippen molar-refractivity contribution in [1.29, 1.82) is 0 Å². The summed E-state index contributed by atoms with van der Waals surface area (Å²) in [6.45, 7) is 0.900. The van der Waals surface area contributed by atoms with Gasteiger partial charge in [0.15, 0.2) is 6.29 Å². The molecule has 0 aromatic carbocycles. The fraction of sp³-hybridized carbons (Fsp3) is 0.750. The summed E-state index contributed by atoms with van der Waals surface area (Å²) >= 11 is 0. The highest BCUT2D eigenvalue weighted by atomic mass is 15.2. The first-order chi connectivity index (χ1) is 3.39. The van der Waals surface area contributed by atoms with Crippen molar-refractivity contribution in [2.45, 2.75) is 12.7 Å². The molecule has 39 valence electrons. The second kappa shape index (κ2) is 2.04. The highest BCUT2D eigenvalue weighted by Gasteiger charge is 1.98. The Bertz CT molecular complexity index is 79.0. The average Bonchev–Trinajstić information content (AvgIpc) is 1.69. The van der Waals surface area contributed by atoms with Crippen molar-refractivity contribution < 1.29 is 0 Å². The van der Waals surface area contributed by atoms with Gasteiger partial charge in [-0.2, -0.15) is 0 Å². The second-order valence-corrected chi connectivity index (χ2v) is 1.48. The molecule has 0 saturated carbocycles. The van der Waals surface area contributed by atoms with Crippen LogP contribution in [0.25, 0.3) is 0 Å². The molecule has 3 nitrogen and oxygen atoms in total. The summed E-state index contributed by atoms with van der Waals surface area (Å²) in [5.74, 6) is 0. The maximum Gasteiger partial charge on any atom is 0.165 e. The van der Waals surface area contributed by atoms with Crippen molar-refractivity contribution in [3.05, 3.63) is 0 Å². The molecule has 0 aromatic rings. The standard InChI is InChI=1S/C4H8N3/c5-4-6-2-1-3-7-4/h2,4-5,7H,1,3H2. The molecule has 1 heterocycles. The first kappa shape index (κ1) is 4.74. The van der Waals surface area contributed by atoms with Crippen LogP contribution >= 0.6 is 0 Å². The molecule has 0 fully saturated rings. The second-order valence-electron chi connectivity index (χ2n) is 1.48. The van der Waals surface area contributed by atoms with Crippen molar-refractivity contribution in [2.75, 3.05) is 6.54 Å². The fourth-order valence-corrected chi connectivity index (χ4v) is 0.517. The zero-order valence-electron chi connectivity index (χ0n) is 4.02. The molecule has 0 spiro atoms. The molecule has 0 amide bonds. The number of hydrogen-bond acceptors (Lipinski definition) is 2. The lowest BCUT2D eigenvalue weighted by molar-refractivity contribution is 0.527. The number of rotatable bonds is 0.